The standard InChI is InChI=1S/C6H12O6/c1-2(7)3(8)4(9)5(10)6(11)12/h2-5,7-10H,1H3,(H,11,12)/t2-,3+,4+,5-/m1/s1. The van der Waals surface area contributed by atoms with Crippen LogP contribution in [0.5, 0.6) is 0 Å². The number of aliphatic carboxylic acids is 1. The molecule has 0 aliphatic carbocycles. The molecule has 0 rings (SSSR count). The van der Waals surface area contributed by atoms with E-state index in [0.29, 0.717) is 0 Å². The molecule has 0 spiro atoms. The van der Waals surface area contributed by atoms with Crippen LogP contribution >= 0.6 is 0 Å². The summed E-state index contributed by atoms with van der Waals surface area (Å²) < 4.78 is 0. The zero-order valence-electron chi connectivity index (χ0n) is 6.45. The van der Waals surface area contributed by atoms with Gasteiger partial charge in [-0.3, -0.25) is 0 Å². The smallest absolute Gasteiger partial charge is 0.335 e. The SMILES string of the molecule is C[C@@H](O)[C@H](O)[C@H](O)[C@@H](O)C(=O)O. The van der Waals surface area contributed by atoms with Crippen LogP contribution in [0.15, 0.2) is 0 Å². The number of carboxylic acid groups (broad SMARTS) is 1. The molecule has 0 bridgehead atoms. The summed E-state index contributed by atoms with van der Waals surface area (Å²) >= 11 is 0. The maximum absolute atomic E-state index is 10.1. The molecule has 0 aliphatic heterocycles. The van der Waals surface area contributed by atoms with E-state index in [9.17, 15) is 4.79 Å². The van der Waals surface area contributed by atoms with Gasteiger partial charge in [-0.15, -0.1) is 0 Å². The van der Waals surface area contributed by atoms with Crippen LogP contribution in [-0.2, 0) is 4.79 Å². The second kappa shape index (κ2) is 4.36. The Bertz CT molecular complexity index is 156. The lowest BCUT2D eigenvalue weighted by atomic mass is 10.0. The van der Waals surface area contributed by atoms with Gasteiger partial charge in [0.15, 0.2) is 6.10 Å². The highest BCUT2D eigenvalue weighted by atomic mass is 16.4. The fourth-order valence-electron chi connectivity index (χ4n) is 0.618. The van der Waals surface area contributed by atoms with Gasteiger partial charge in [0.1, 0.15) is 12.2 Å². The van der Waals surface area contributed by atoms with Gasteiger partial charge in [0, 0.05) is 0 Å². The Morgan fingerprint density at radius 3 is 1.75 bits per heavy atom. The van der Waals surface area contributed by atoms with Crippen molar-refractivity contribution in [2.24, 2.45) is 0 Å². The maximum atomic E-state index is 10.1. The zero-order valence-corrected chi connectivity index (χ0v) is 6.45. The molecule has 12 heavy (non-hydrogen) atoms. The minimum atomic E-state index is -2.09. The summed E-state index contributed by atoms with van der Waals surface area (Å²) in [5.74, 6) is -1.65. The number of carbonyl (C=O) groups is 1. The fourth-order valence-corrected chi connectivity index (χ4v) is 0.618. The van der Waals surface area contributed by atoms with Gasteiger partial charge in [0.25, 0.3) is 0 Å². The van der Waals surface area contributed by atoms with Crippen LogP contribution in [0.4, 0.5) is 0 Å². The van der Waals surface area contributed by atoms with Crippen LogP contribution < -0.4 is 0 Å². The highest BCUT2D eigenvalue weighted by Gasteiger charge is 2.32. The summed E-state index contributed by atoms with van der Waals surface area (Å²) in [7, 11) is 0. The van der Waals surface area contributed by atoms with Crippen LogP contribution in [0.25, 0.3) is 0 Å². The van der Waals surface area contributed by atoms with Crippen molar-refractivity contribution in [3.8, 4) is 0 Å². The number of rotatable bonds is 4. The number of aliphatic hydroxyl groups excluding tert-OH is 4. The van der Waals surface area contributed by atoms with E-state index in [1.807, 2.05) is 0 Å². The number of aliphatic hydroxyl groups is 4. The lowest BCUT2D eigenvalue weighted by Crippen LogP contribution is -2.46. The summed E-state index contributed by atoms with van der Waals surface area (Å²) in [5, 5.41) is 43.4. The van der Waals surface area contributed by atoms with E-state index in [-0.39, 0.29) is 0 Å². The molecule has 0 saturated carbocycles. The van der Waals surface area contributed by atoms with E-state index in [1.54, 1.807) is 0 Å². The van der Waals surface area contributed by atoms with E-state index in [0.717, 1.165) is 0 Å². The molecular weight excluding hydrogens is 168 g/mol. The third-order valence-electron chi connectivity index (χ3n) is 1.42. The Hall–Kier alpha value is -0.690. The van der Waals surface area contributed by atoms with Crippen molar-refractivity contribution in [3.63, 3.8) is 0 Å². The summed E-state index contributed by atoms with van der Waals surface area (Å²) in [6, 6.07) is 0. The highest BCUT2D eigenvalue weighted by Crippen LogP contribution is 2.04. The molecule has 0 aromatic rings. The summed E-state index contributed by atoms with van der Waals surface area (Å²) in [6.45, 7) is 1.17. The lowest BCUT2D eigenvalue weighted by Gasteiger charge is -2.21. The average Bonchev–Trinajstić information content (AvgIpc) is 2.00. The fraction of sp³-hybridized carbons (Fsp3) is 0.833. The first-order valence-corrected chi connectivity index (χ1v) is 3.33. The summed E-state index contributed by atoms with van der Waals surface area (Å²) in [6.07, 6.45) is -6.94. The molecule has 0 radical (unpaired) electrons. The molecule has 0 amide bonds. The van der Waals surface area contributed by atoms with Crippen molar-refractivity contribution in [3.05, 3.63) is 0 Å². The Balaban J connectivity index is 4.18. The van der Waals surface area contributed by atoms with Crippen molar-refractivity contribution in [1.82, 2.24) is 0 Å². The van der Waals surface area contributed by atoms with Gasteiger partial charge in [-0.25, -0.2) is 4.79 Å². The topological polar surface area (TPSA) is 118 Å². The van der Waals surface area contributed by atoms with E-state index in [2.05, 4.69) is 0 Å². The molecule has 0 aliphatic rings. The van der Waals surface area contributed by atoms with Gasteiger partial charge in [-0.2, -0.15) is 0 Å². The van der Waals surface area contributed by atoms with Crippen molar-refractivity contribution in [2.45, 2.75) is 31.3 Å². The minimum absolute atomic E-state index is 1.17. The molecule has 0 unspecified atom stereocenters. The summed E-state index contributed by atoms with van der Waals surface area (Å²) in [5.41, 5.74) is 0. The first-order valence-electron chi connectivity index (χ1n) is 3.33. The first kappa shape index (κ1) is 11.3. The molecule has 0 fully saturated rings. The molecular formula is C6H12O6. The predicted octanol–water partition coefficient (Wildman–Crippen LogP) is -2.47. The minimum Gasteiger partial charge on any atom is -0.479 e. The van der Waals surface area contributed by atoms with Crippen LogP contribution in [0.2, 0.25) is 0 Å². The molecule has 5 N–H and O–H groups in total. The quantitative estimate of drug-likeness (QED) is 0.327. The van der Waals surface area contributed by atoms with Gasteiger partial charge in [0.05, 0.1) is 6.10 Å². The van der Waals surface area contributed by atoms with Crippen molar-refractivity contribution < 1.29 is 30.3 Å². The Morgan fingerprint density at radius 2 is 1.50 bits per heavy atom. The maximum Gasteiger partial charge on any atom is 0.335 e. The largest absolute Gasteiger partial charge is 0.479 e. The Kier molecular flexibility index (Phi) is 4.11. The van der Waals surface area contributed by atoms with E-state index >= 15 is 0 Å². The van der Waals surface area contributed by atoms with Gasteiger partial charge < -0.3 is 25.5 Å². The molecule has 0 saturated heterocycles. The normalized spacial score (nSPS) is 21.1. The third-order valence-corrected chi connectivity index (χ3v) is 1.42. The monoisotopic (exact) mass is 180 g/mol. The highest BCUT2D eigenvalue weighted by molar-refractivity contribution is 5.72. The van der Waals surface area contributed by atoms with Gasteiger partial charge >= 0.3 is 5.97 Å². The number of hydrogen-bond donors (Lipinski definition) is 5. The molecule has 6 nitrogen and oxygen atoms in total. The Labute approximate surface area is 68.7 Å². The average molecular weight is 180 g/mol. The van der Waals surface area contributed by atoms with E-state index in [4.69, 9.17) is 25.5 Å². The summed E-state index contributed by atoms with van der Waals surface area (Å²) in [4.78, 5) is 10.1. The van der Waals surface area contributed by atoms with Gasteiger partial charge in [-0.1, -0.05) is 0 Å². The van der Waals surface area contributed by atoms with Crippen LogP contribution in [0.1, 0.15) is 6.92 Å². The zero-order chi connectivity index (χ0) is 9.89. The van der Waals surface area contributed by atoms with E-state index in [1.165, 1.54) is 6.92 Å². The predicted molar refractivity (Wildman–Crippen MR) is 37.3 cm³/mol. The van der Waals surface area contributed by atoms with Gasteiger partial charge in [-0.05, 0) is 6.92 Å². The number of hydrogen-bond acceptors (Lipinski definition) is 5. The van der Waals surface area contributed by atoms with Crippen LogP contribution in [0, 0.1) is 0 Å². The second-order valence-corrected chi connectivity index (χ2v) is 2.50. The number of carboxylic acids is 1. The molecule has 4 atom stereocenters. The molecule has 6 heteroatoms. The van der Waals surface area contributed by atoms with Crippen molar-refractivity contribution in [2.75, 3.05) is 0 Å². The third kappa shape index (κ3) is 2.74. The molecule has 0 aromatic carbocycles. The van der Waals surface area contributed by atoms with Crippen molar-refractivity contribution >= 4 is 5.97 Å². The lowest BCUT2D eigenvalue weighted by molar-refractivity contribution is -0.162. The second-order valence-electron chi connectivity index (χ2n) is 2.50. The Morgan fingerprint density at radius 1 is 1.08 bits per heavy atom. The molecule has 0 heterocycles. The first-order chi connectivity index (χ1) is 5.37. The molecule has 0 aromatic heterocycles. The molecule has 72 valence electrons. The van der Waals surface area contributed by atoms with Crippen LogP contribution in [0.3, 0.4) is 0 Å². The van der Waals surface area contributed by atoms with Crippen LogP contribution in [-0.4, -0.2) is 55.9 Å². The van der Waals surface area contributed by atoms with Gasteiger partial charge in [0.2, 0.25) is 0 Å². The van der Waals surface area contributed by atoms with E-state index < -0.39 is 30.4 Å². The van der Waals surface area contributed by atoms with Crippen molar-refractivity contribution in [1.29, 1.82) is 0 Å².